The van der Waals surface area contributed by atoms with Gasteiger partial charge < -0.3 is 15.4 Å². The lowest BCUT2D eigenvalue weighted by atomic mass is 10.1. The molecule has 3 rings (SSSR count). The van der Waals surface area contributed by atoms with Crippen molar-refractivity contribution in [2.75, 3.05) is 5.32 Å². The standard InChI is InChI=1S/C18H22N6O2/c1-4-11(8-19-10(2)3)15-23-14-16(20-9-21-17(14)24-15)22-13-6-5-12(7-13)18(25)26/h4,8-9,12-13H,2,5-7H2,1,3H3,(H,25,26)(H2,20,21,22,23,24)/b11-4+,19-8-/t12-,13?/m0/s1. The van der Waals surface area contributed by atoms with Crippen molar-refractivity contribution < 1.29 is 9.90 Å². The summed E-state index contributed by atoms with van der Waals surface area (Å²) in [5.41, 5.74) is 2.78. The van der Waals surface area contributed by atoms with Gasteiger partial charge >= 0.3 is 5.97 Å². The number of nitrogens with one attached hydrogen (secondary N) is 2. The fourth-order valence-electron chi connectivity index (χ4n) is 3.05. The minimum absolute atomic E-state index is 0.0699. The van der Waals surface area contributed by atoms with E-state index in [-0.39, 0.29) is 12.0 Å². The zero-order valence-corrected chi connectivity index (χ0v) is 14.9. The van der Waals surface area contributed by atoms with Gasteiger partial charge in [0.05, 0.1) is 5.92 Å². The molecule has 2 atom stereocenters. The van der Waals surface area contributed by atoms with E-state index in [2.05, 4.69) is 36.8 Å². The van der Waals surface area contributed by atoms with Crippen LogP contribution in [-0.4, -0.2) is 43.3 Å². The van der Waals surface area contributed by atoms with E-state index in [0.717, 1.165) is 12.0 Å². The second-order valence-corrected chi connectivity index (χ2v) is 6.43. The minimum atomic E-state index is -0.737. The number of carbonyl (C=O) groups is 1. The fourth-order valence-corrected chi connectivity index (χ4v) is 3.05. The van der Waals surface area contributed by atoms with Crippen LogP contribution in [0.1, 0.15) is 38.9 Å². The van der Waals surface area contributed by atoms with Crippen molar-refractivity contribution in [1.29, 1.82) is 0 Å². The second-order valence-electron chi connectivity index (χ2n) is 6.43. The molecule has 0 spiro atoms. The molecule has 0 bridgehead atoms. The van der Waals surface area contributed by atoms with Crippen LogP contribution in [0.25, 0.3) is 16.7 Å². The van der Waals surface area contributed by atoms with E-state index in [1.54, 1.807) is 6.21 Å². The lowest BCUT2D eigenvalue weighted by Gasteiger charge is -2.12. The molecular weight excluding hydrogens is 332 g/mol. The molecule has 1 saturated carbocycles. The molecule has 3 N–H and O–H groups in total. The summed E-state index contributed by atoms with van der Waals surface area (Å²) in [5.74, 6) is 0.220. The number of fused-ring (bicyclic) bond motifs is 1. The highest BCUT2D eigenvalue weighted by molar-refractivity contribution is 6.09. The van der Waals surface area contributed by atoms with Gasteiger partial charge in [-0.25, -0.2) is 15.0 Å². The summed E-state index contributed by atoms with van der Waals surface area (Å²) in [5, 5.41) is 12.5. The molecule has 8 nitrogen and oxygen atoms in total. The Kier molecular flexibility index (Phi) is 5.11. The Morgan fingerprint density at radius 3 is 2.92 bits per heavy atom. The van der Waals surface area contributed by atoms with Gasteiger partial charge in [0.2, 0.25) is 0 Å². The Labute approximate surface area is 151 Å². The molecular formula is C18H22N6O2. The van der Waals surface area contributed by atoms with Crippen molar-refractivity contribution >= 4 is 34.7 Å². The van der Waals surface area contributed by atoms with Gasteiger partial charge in [-0.15, -0.1) is 0 Å². The molecule has 0 saturated heterocycles. The van der Waals surface area contributed by atoms with E-state index in [1.165, 1.54) is 6.33 Å². The number of anilines is 1. The van der Waals surface area contributed by atoms with Crippen LogP contribution in [0.4, 0.5) is 5.82 Å². The van der Waals surface area contributed by atoms with Crippen LogP contribution in [-0.2, 0) is 4.79 Å². The smallest absolute Gasteiger partial charge is 0.306 e. The van der Waals surface area contributed by atoms with E-state index >= 15 is 0 Å². The molecule has 2 aromatic heterocycles. The number of H-pyrrole nitrogens is 1. The number of rotatable bonds is 6. The lowest BCUT2D eigenvalue weighted by Crippen LogP contribution is -2.18. The molecule has 1 fully saturated rings. The molecule has 2 aromatic rings. The van der Waals surface area contributed by atoms with Crippen molar-refractivity contribution in [2.45, 2.75) is 39.2 Å². The summed E-state index contributed by atoms with van der Waals surface area (Å²) in [6, 6.07) is 0.0699. The average Bonchev–Trinajstić information content (AvgIpc) is 3.22. The maximum absolute atomic E-state index is 11.1. The van der Waals surface area contributed by atoms with Crippen molar-refractivity contribution in [3.8, 4) is 0 Å². The highest BCUT2D eigenvalue weighted by Gasteiger charge is 2.30. The first-order valence-corrected chi connectivity index (χ1v) is 8.54. The molecule has 1 aliphatic rings. The first-order valence-electron chi connectivity index (χ1n) is 8.54. The minimum Gasteiger partial charge on any atom is -0.481 e. The van der Waals surface area contributed by atoms with Crippen LogP contribution in [0, 0.1) is 5.92 Å². The molecule has 1 unspecified atom stereocenters. The van der Waals surface area contributed by atoms with Crippen molar-refractivity contribution in [1.82, 2.24) is 19.9 Å². The number of aliphatic imine (C=N–C) groups is 1. The van der Waals surface area contributed by atoms with Crippen LogP contribution in [0.2, 0.25) is 0 Å². The van der Waals surface area contributed by atoms with Gasteiger partial charge in [-0.05, 0) is 33.1 Å². The average molecular weight is 354 g/mol. The van der Waals surface area contributed by atoms with E-state index in [1.807, 2.05) is 19.9 Å². The topological polar surface area (TPSA) is 116 Å². The van der Waals surface area contributed by atoms with Gasteiger partial charge in [0, 0.05) is 23.5 Å². The zero-order chi connectivity index (χ0) is 18.7. The van der Waals surface area contributed by atoms with Gasteiger partial charge in [-0.3, -0.25) is 9.79 Å². The normalized spacial score (nSPS) is 20.8. The Balaban J connectivity index is 1.85. The van der Waals surface area contributed by atoms with Crippen molar-refractivity contribution in [2.24, 2.45) is 10.9 Å². The van der Waals surface area contributed by atoms with Gasteiger partial charge in [0.1, 0.15) is 12.2 Å². The van der Waals surface area contributed by atoms with Crippen LogP contribution in [0.5, 0.6) is 0 Å². The Morgan fingerprint density at radius 2 is 2.27 bits per heavy atom. The number of aromatic nitrogens is 4. The molecule has 1 aliphatic carbocycles. The van der Waals surface area contributed by atoms with Crippen LogP contribution >= 0.6 is 0 Å². The third-order valence-electron chi connectivity index (χ3n) is 4.41. The lowest BCUT2D eigenvalue weighted by molar-refractivity contribution is -0.141. The number of nitrogens with zero attached hydrogens (tertiary/aromatic N) is 4. The molecule has 0 aromatic carbocycles. The van der Waals surface area contributed by atoms with Crippen LogP contribution < -0.4 is 5.32 Å². The van der Waals surface area contributed by atoms with Gasteiger partial charge in [0.15, 0.2) is 17.0 Å². The number of aliphatic carboxylic acids is 1. The Morgan fingerprint density at radius 1 is 1.46 bits per heavy atom. The van der Waals surface area contributed by atoms with Crippen molar-refractivity contribution in [3.63, 3.8) is 0 Å². The number of imidazole rings is 1. The largest absolute Gasteiger partial charge is 0.481 e. The molecule has 0 amide bonds. The van der Waals surface area contributed by atoms with E-state index in [4.69, 9.17) is 5.11 Å². The maximum Gasteiger partial charge on any atom is 0.306 e. The molecule has 0 radical (unpaired) electrons. The van der Waals surface area contributed by atoms with Crippen LogP contribution in [0.15, 0.2) is 29.7 Å². The van der Waals surface area contributed by atoms with E-state index in [9.17, 15) is 4.79 Å². The quantitative estimate of drug-likeness (QED) is 0.687. The predicted octanol–water partition coefficient (Wildman–Crippen LogP) is 3.03. The third kappa shape index (κ3) is 3.79. The summed E-state index contributed by atoms with van der Waals surface area (Å²) < 4.78 is 0. The highest BCUT2D eigenvalue weighted by Crippen LogP contribution is 2.29. The highest BCUT2D eigenvalue weighted by atomic mass is 16.4. The van der Waals surface area contributed by atoms with E-state index < -0.39 is 5.97 Å². The first-order chi connectivity index (χ1) is 12.5. The molecule has 26 heavy (non-hydrogen) atoms. The summed E-state index contributed by atoms with van der Waals surface area (Å²) in [6.45, 7) is 7.48. The summed E-state index contributed by atoms with van der Waals surface area (Å²) in [7, 11) is 0. The summed E-state index contributed by atoms with van der Waals surface area (Å²) >= 11 is 0. The Bertz CT molecular complexity index is 898. The van der Waals surface area contributed by atoms with Gasteiger partial charge in [0.25, 0.3) is 0 Å². The van der Waals surface area contributed by atoms with Gasteiger partial charge in [-0.2, -0.15) is 0 Å². The molecule has 8 heteroatoms. The number of carboxylic acids is 1. The molecule has 136 valence electrons. The second kappa shape index (κ2) is 7.47. The number of hydrogen-bond donors (Lipinski definition) is 3. The van der Waals surface area contributed by atoms with Crippen LogP contribution in [0.3, 0.4) is 0 Å². The third-order valence-corrected chi connectivity index (χ3v) is 4.41. The Hall–Kier alpha value is -3.03. The summed E-state index contributed by atoms with van der Waals surface area (Å²) in [6.07, 6.45) is 7.13. The van der Waals surface area contributed by atoms with E-state index in [0.29, 0.717) is 41.3 Å². The summed E-state index contributed by atoms with van der Waals surface area (Å²) in [4.78, 5) is 31.7. The number of hydrogen-bond acceptors (Lipinski definition) is 6. The number of allylic oxidation sites excluding steroid dienone is 3. The SMILES string of the molecule is C=C(C)/N=C\C(=C/C)c1nc2c(NC3CC[C@H](C(=O)O)C3)ncnc2[nH]1. The number of aromatic amines is 1. The first kappa shape index (κ1) is 17.8. The number of carboxylic acid groups (broad SMARTS) is 1. The monoisotopic (exact) mass is 354 g/mol. The molecule has 2 heterocycles. The zero-order valence-electron chi connectivity index (χ0n) is 14.9. The maximum atomic E-state index is 11.1. The van der Waals surface area contributed by atoms with Gasteiger partial charge in [-0.1, -0.05) is 12.7 Å². The van der Waals surface area contributed by atoms with Crippen molar-refractivity contribution in [3.05, 3.63) is 30.5 Å². The predicted molar refractivity (Wildman–Crippen MR) is 101 cm³/mol. The molecule has 0 aliphatic heterocycles. The fraction of sp³-hybridized carbons (Fsp3) is 0.389.